The molecule has 0 radical (unpaired) electrons. The first-order valence-electron chi connectivity index (χ1n) is 8.55. The van der Waals surface area contributed by atoms with Gasteiger partial charge in [0.1, 0.15) is 12.9 Å². The number of rotatable bonds is 5. The highest BCUT2D eigenvalue weighted by Gasteiger charge is 2.53. The summed E-state index contributed by atoms with van der Waals surface area (Å²) >= 11 is 0. The summed E-state index contributed by atoms with van der Waals surface area (Å²) in [5, 5.41) is 0. The molecule has 0 aliphatic carbocycles. The molecule has 0 amide bonds. The van der Waals surface area contributed by atoms with Crippen molar-refractivity contribution >= 4 is 18.9 Å². The number of hydrogen-bond acceptors (Lipinski definition) is 4. The van der Waals surface area contributed by atoms with Crippen LogP contribution in [0.1, 0.15) is 43.6 Å². The number of ether oxygens (including phenoxy) is 1. The highest BCUT2D eigenvalue weighted by atomic mass is 19.1. The van der Waals surface area contributed by atoms with Gasteiger partial charge >= 0.3 is 7.12 Å². The molecular weight excluding hydrogens is 334 g/mol. The first kappa shape index (κ1) is 18.6. The predicted octanol–water partition coefficient (Wildman–Crippen LogP) is 3.52. The molecule has 1 saturated heterocycles. The van der Waals surface area contributed by atoms with Crippen LogP contribution < -0.4 is 10.2 Å². The van der Waals surface area contributed by atoms with Crippen molar-refractivity contribution in [1.82, 2.24) is 0 Å². The van der Waals surface area contributed by atoms with Crippen molar-refractivity contribution in [1.29, 1.82) is 0 Å². The fourth-order valence-electron chi connectivity index (χ4n) is 2.74. The summed E-state index contributed by atoms with van der Waals surface area (Å²) in [4.78, 5) is 11.4. The van der Waals surface area contributed by atoms with E-state index in [1.54, 1.807) is 0 Å². The lowest BCUT2D eigenvalue weighted by Crippen LogP contribution is -2.41. The van der Waals surface area contributed by atoms with Gasteiger partial charge in [-0.1, -0.05) is 30.3 Å². The minimum absolute atomic E-state index is 0.0594. The molecule has 0 atom stereocenters. The monoisotopic (exact) mass is 356 g/mol. The van der Waals surface area contributed by atoms with E-state index in [9.17, 15) is 4.79 Å². The lowest BCUT2D eigenvalue weighted by atomic mass is 9.75. The van der Waals surface area contributed by atoms with Gasteiger partial charge in [0.2, 0.25) is 0 Å². The number of carbonyl (C=O) groups is 1. The van der Waals surface area contributed by atoms with Crippen molar-refractivity contribution in [3.8, 4) is 5.75 Å². The molecule has 0 N–H and O–H groups in total. The largest absolute Gasteiger partial charge is 0.498 e. The van der Waals surface area contributed by atoms with Gasteiger partial charge < -0.3 is 14.0 Å². The molecule has 0 aromatic heterocycles. The summed E-state index contributed by atoms with van der Waals surface area (Å²) in [7, 11) is -0.972. The third-order valence-corrected chi connectivity index (χ3v) is 5.03. The van der Waals surface area contributed by atoms with E-state index in [0.717, 1.165) is 5.56 Å². The normalized spacial score (nSPS) is 18.0. The van der Waals surface area contributed by atoms with Gasteiger partial charge in [-0.05, 0) is 45.4 Å². The predicted molar refractivity (Wildman–Crippen MR) is 98.3 cm³/mol. The molecule has 0 bridgehead atoms. The molecule has 0 spiro atoms. The summed E-state index contributed by atoms with van der Waals surface area (Å²) in [6, 6.07) is 12.5. The van der Waals surface area contributed by atoms with E-state index in [1.165, 1.54) is 12.1 Å². The third-order valence-electron chi connectivity index (χ3n) is 5.03. The van der Waals surface area contributed by atoms with Crippen molar-refractivity contribution < 1.29 is 23.2 Å². The number of benzene rings is 2. The zero-order valence-electron chi connectivity index (χ0n) is 15.4. The lowest BCUT2D eigenvalue weighted by Gasteiger charge is -2.32. The van der Waals surface area contributed by atoms with Gasteiger partial charge in [-0.15, -0.1) is 0 Å². The van der Waals surface area contributed by atoms with Crippen LogP contribution in [0.2, 0.25) is 0 Å². The first-order chi connectivity index (χ1) is 12.2. The Hall–Kier alpha value is -2.18. The first-order valence-corrected chi connectivity index (χ1v) is 8.55. The number of hydrogen-bond donors (Lipinski definition) is 0. The van der Waals surface area contributed by atoms with E-state index in [1.807, 2.05) is 58.0 Å². The van der Waals surface area contributed by atoms with Gasteiger partial charge in [-0.3, -0.25) is 4.79 Å². The standard InChI is InChI=1S/C20H22BFO4/c1-19(2)20(3,4)26-21(25-19)17-15(12-23)10-11-16(18(17)22)24-13-14-8-6-5-7-9-14/h5-12H,13H2,1-4H3. The van der Waals surface area contributed by atoms with Crippen molar-refractivity contribution in [3.63, 3.8) is 0 Å². The lowest BCUT2D eigenvalue weighted by molar-refractivity contribution is 0.00578. The van der Waals surface area contributed by atoms with Crippen molar-refractivity contribution in [3.05, 3.63) is 59.4 Å². The topological polar surface area (TPSA) is 44.8 Å². The van der Waals surface area contributed by atoms with Gasteiger partial charge in [0.25, 0.3) is 0 Å². The SMILES string of the molecule is CC1(C)OB(c2c(C=O)ccc(OCc3ccccc3)c2F)OC1(C)C. The Morgan fingerprint density at radius 1 is 1.04 bits per heavy atom. The van der Waals surface area contributed by atoms with Crippen molar-refractivity contribution in [2.75, 3.05) is 0 Å². The second-order valence-electron chi connectivity index (χ2n) is 7.36. The maximum atomic E-state index is 15.1. The molecule has 3 rings (SSSR count). The third kappa shape index (κ3) is 3.39. The average Bonchev–Trinajstić information content (AvgIpc) is 2.81. The Morgan fingerprint density at radius 2 is 1.65 bits per heavy atom. The zero-order valence-corrected chi connectivity index (χ0v) is 15.4. The molecule has 4 nitrogen and oxygen atoms in total. The van der Waals surface area contributed by atoms with Crippen LogP contribution in [-0.2, 0) is 15.9 Å². The minimum Gasteiger partial charge on any atom is -0.486 e. The Kier molecular flexibility index (Phi) is 4.91. The minimum atomic E-state index is -0.972. The van der Waals surface area contributed by atoms with Gasteiger partial charge in [0, 0.05) is 11.0 Å². The Balaban J connectivity index is 1.91. The van der Waals surface area contributed by atoms with Crippen LogP contribution >= 0.6 is 0 Å². The van der Waals surface area contributed by atoms with E-state index in [4.69, 9.17) is 14.0 Å². The van der Waals surface area contributed by atoms with Crippen LogP contribution in [0.5, 0.6) is 5.75 Å². The Morgan fingerprint density at radius 3 is 2.23 bits per heavy atom. The summed E-state index contributed by atoms with van der Waals surface area (Å²) in [6.45, 7) is 7.73. The molecule has 1 heterocycles. The average molecular weight is 356 g/mol. The van der Waals surface area contributed by atoms with E-state index >= 15 is 4.39 Å². The summed E-state index contributed by atoms with van der Waals surface area (Å²) in [5.41, 5.74) is -0.0862. The molecule has 0 saturated carbocycles. The molecule has 1 fully saturated rings. The van der Waals surface area contributed by atoms with Crippen LogP contribution in [0, 0.1) is 5.82 Å². The molecule has 2 aromatic carbocycles. The van der Waals surface area contributed by atoms with Crippen LogP contribution in [0.25, 0.3) is 0 Å². The van der Waals surface area contributed by atoms with Crippen LogP contribution in [0.3, 0.4) is 0 Å². The highest BCUT2D eigenvalue weighted by Crippen LogP contribution is 2.37. The number of aldehydes is 1. The van der Waals surface area contributed by atoms with E-state index in [0.29, 0.717) is 6.29 Å². The van der Waals surface area contributed by atoms with E-state index < -0.39 is 24.1 Å². The van der Waals surface area contributed by atoms with Gasteiger partial charge in [0.05, 0.1) is 11.2 Å². The van der Waals surface area contributed by atoms with Gasteiger partial charge in [-0.25, -0.2) is 4.39 Å². The summed E-state index contributed by atoms with van der Waals surface area (Å²) in [6.07, 6.45) is 0.602. The van der Waals surface area contributed by atoms with Crippen LogP contribution in [0.15, 0.2) is 42.5 Å². The van der Waals surface area contributed by atoms with Crippen LogP contribution in [-0.4, -0.2) is 24.6 Å². The number of halogens is 1. The molecule has 6 heteroatoms. The van der Waals surface area contributed by atoms with Gasteiger partial charge in [-0.2, -0.15) is 0 Å². The zero-order chi connectivity index (χ0) is 18.9. The molecule has 136 valence electrons. The van der Waals surface area contributed by atoms with Crippen molar-refractivity contribution in [2.24, 2.45) is 0 Å². The van der Waals surface area contributed by atoms with Crippen LogP contribution in [0.4, 0.5) is 4.39 Å². The smallest absolute Gasteiger partial charge is 0.486 e. The van der Waals surface area contributed by atoms with Gasteiger partial charge in [0.15, 0.2) is 11.6 Å². The molecule has 26 heavy (non-hydrogen) atoms. The summed E-state index contributed by atoms with van der Waals surface area (Å²) < 4.78 is 32.6. The van der Waals surface area contributed by atoms with E-state index in [2.05, 4.69) is 0 Å². The molecular formula is C20H22BFO4. The summed E-state index contributed by atoms with van der Waals surface area (Å²) in [5.74, 6) is -0.576. The molecule has 1 aliphatic heterocycles. The van der Waals surface area contributed by atoms with E-state index in [-0.39, 0.29) is 23.4 Å². The maximum absolute atomic E-state index is 15.1. The number of carbonyl (C=O) groups excluding carboxylic acids is 1. The molecule has 1 aliphatic rings. The highest BCUT2D eigenvalue weighted by molar-refractivity contribution is 6.63. The van der Waals surface area contributed by atoms with Crippen molar-refractivity contribution in [2.45, 2.75) is 45.5 Å². The molecule has 0 unspecified atom stereocenters. The Bertz CT molecular complexity index is 789. The quantitative estimate of drug-likeness (QED) is 0.608. The Labute approximate surface area is 153 Å². The fourth-order valence-corrected chi connectivity index (χ4v) is 2.74. The maximum Gasteiger partial charge on any atom is 0.498 e. The second-order valence-corrected chi connectivity index (χ2v) is 7.36. The fraction of sp³-hybridized carbons (Fsp3) is 0.350. The second kappa shape index (κ2) is 6.85. The molecule has 2 aromatic rings.